The maximum Gasteiger partial charge on any atom is 0.167 e. The minimum Gasteiger partial charge on any atom is -0.301 e. The van der Waals surface area contributed by atoms with Gasteiger partial charge in [-0.05, 0) is 32.5 Å². The van der Waals surface area contributed by atoms with Crippen LogP contribution in [0.1, 0.15) is 37.6 Å². The molecular formula is C14H20FNO. The van der Waals surface area contributed by atoms with Gasteiger partial charge in [0.25, 0.3) is 0 Å². The number of carbonyl (C=O) groups is 1. The van der Waals surface area contributed by atoms with Crippen molar-refractivity contribution in [3.8, 4) is 0 Å². The van der Waals surface area contributed by atoms with Gasteiger partial charge in [0.1, 0.15) is 5.82 Å². The zero-order chi connectivity index (χ0) is 12.8. The Bertz CT molecular complexity index is 376. The molecule has 0 aromatic heterocycles. The molecule has 0 heterocycles. The van der Waals surface area contributed by atoms with Gasteiger partial charge in [-0.2, -0.15) is 0 Å². The molecule has 0 radical (unpaired) electrons. The van der Waals surface area contributed by atoms with Gasteiger partial charge in [-0.15, -0.1) is 0 Å². The van der Waals surface area contributed by atoms with Crippen LogP contribution in [0.3, 0.4) is 0 Å². The van der Waals surface area contributed by atoms with Gasteiger partial charge in [0.05, 0.1) is 5.56 Å². The van der Waals surface area contributed by atoms with Crippen LogP contribution in [-0.2, 0) is 0 Å². The fraction of sp³-hybridized carbons (Fsp3) is 0.500. The predicted octanol–water partition coefficient (Wildman–Crippen LogP) is 3.13. The highest BCUT2D eigenvalue weighted by Crippen LogP contribution is 2.10. The molecule has 0 saturated heterocycles. The number of halogens is 1. The number of Topliss-reactive ketones (excluding diaryl/α,β-unsaturated/α-hetero) is 1. The Morgan fingerprint density at radius 2 is 2.00 bits per heavy atom. The van der Waals surface area contributed by atoms with Gasteiger partial charge in [-0.3, -0.25) is 4.79 Å². The first-order valence-corrected chi connectivity index (χ1v) is 6.08. The van der Waals surface area contributed by atoms with Crippen molar-refractivity contribution < 1.29 is 9.18 Å². The first kappa shape index (κ1) is 13.8. The molecule has 0 fully saturated rings. The molecule has 1 aromatic rings. The summed E-state index contributed by atoms with van der Waals surface area (Å²) in [6.07, 6.45) is 0.368. The second kappa shape index (κ2) is 6.50. The third-order valence-corrected chi connectivity index (χ3v) is 2.94. The Morgan fingerprint density at radius 3 is 2.53 bits per heavy atom. The van der Waals surface area contributed by atoms with E-state index in [2.05, 4.69) is 25.7 Å². The molecule has 3 heteroatoms. The summed E-state index contributed by atoms with van der Waals surface area (Å²) in [4.78, 5) is 14.0. The lowest BCUT2D eigenvalue weighted by atomic mass is 10.1. The lowest BCUT2D eigenvalue weighted by Gasteiger charge is -2.24. The maximum atomic E-state index is 13.4. The zero-order valence-corrected chi connectivity index (χ0v) is 10.7. The van der Waals surface area contributed by atoms with E-state index in [0.29, 0.717) is 19.0 Å². The van der Waals surface area contributed by atoms with Crippen LogP contribution in [0.15, 0.2) is 24.3 Å². The number of ketones is 1. The standard InChI is InChI=1S/C14H20FNO/c1-4-16(11(2)3)10-9-14(17)12-7-5-6-8-13(12)15/h5-8,11H,4,9-10H2,1-3H3. The van der Waals surface area contributed by atoms with Gasteiger partial charge >= 0.3 is 0 Å². The Labute approximate surface area is 102 Å². The molecule has 0 N–H and O–H groups in total. The summed E-state index contributed by atoms with van der Waals surface area (Å²) < 4.78 is 13.4. The van der Waals surface area contributed by atoms with Crippen LogP contribution in [0.5, 0.6) is 0 Å². The number of hydrogen-bond donors (Lipinski definition) is 0. The van der Waals surface area contributed by atoms with Crippen LogP contribution >= 0.6 is 0 Å². The molecule has 0 aliphatic rings. The molecule has 0 saturated carbocycles. The molecule has 17 heavy (non-hydrogen) atoms. The third kappa shape index (κ3) is 3.93. The highest BCUT2D eigenvalue weighted by molar-refractivity contribution is 5.96. The molecule has 1 aromatic carbocycles. The molecule has 0 amide bonds. The predicted molar refractivity (Wildman–Crippen MR) is 67.7 cm³/mol. The van der Waals surface area contributed by atoms with Crippen molar-refractivity contribution >= 4 is 5.78 Å². The van der Waals surface area contributed by atoms with E-state index in [1.807, 2.05) is 0 Å². The van der Waals surface area contributed by atoms with Gasteiger partial charge in [0.2, 0.25) is 0 Å². The van der Waals surface area contributed by atoms with Gasteiger partial charge in [-0.25, -0.2) is 4.39 Å². The Morgan fingerprint density at radius 1 is 1.35 bits per heavy atom. The SMILES string of the molecule is CCN(CCC(=O)c1ccccc1F)C(C)C. The van der Waals surface area contributed by atoms with Crippen molar-refractivity contribution in [2.45, 2.75) is 33.2 Å². The van der Waals surface area contributed by atoms with E-state index >= 15 is 0 Å². The summed E-state index contributed by atoms with van der Waals surface area (Å²) in [5.41, 5.74) is 0.201. The van der Waals surface area contributed by atoms with Gasteiger partial charge in [-0.1, -0.05) is 19.1 Å². The molecule has 0 spiro atoms. The average molecular weight is 237 g/mol. The van der Waals surface area contributed by atoms with E-state index in [1.165, 1.54) is 6.07 Å². The second-order valence-corrected chi connectivity index (χ2v) is 4.38. The first-order valence-electron chi connectivity index (χ1n) is 6.08. The van der Waals surface area contributed by atoms with Crippen LogP contribution in [0.25, 0.3) is 0 Å². The van der Waals surface area contributed by atoms with E-state index in [9.17, 15) is 9.18 Å². The number of rotatable bonds is 6. The number of nitrogens with zero attached hydrogens (tertiary/aromatic N) is 1. The largest absolute Gasteiger partial charge is 0.301 e. The van der Waals surface area contributed by atoms with E-state index in [-0.39, 0.29) is 11.3 Å². The lowest BCUT2D eigenvalue weighted by molar-refractivity contribution is 0.0954. The summed E-state index contributed by atoms with van der Waals surface area (Å²) in [5, 5.41) is 0. The normalized spacial score (nSPS) is 11.2. The summed E-state index contributed by atoms with van der Waals surface area (Å²) in [5.74, 6) is -0.549. The molecule has 0 unspecified atom stereocenters. The Hall–Kier alpha value is -1.22. The Kier molecular flexibility index (Phi) is 5.29. The average Bonchev–Trinajstić information content (AvgIpc) is 2.29. The highest BCUT2D eigenvalue weighted by Gasteiger charge is 2.13. The Balaban J connectivity index is 2.59. The minimum atomic E-state index is -0.426. The number of hydrogen-bond acceptors (Lipinski definition) is 2. The lowest BCUT2D eigenvalue weighted by Crippen LogP contribution is -2.32. The second-order valence-electron chi connectivity index (χ2n) is 4.38. The van der Waals surface area contributed by atoms with E-state index in [0.717, 1.165) is 6.54 Å². The van der Waals surface area contributed by atoms with Crippen molar-refractivity contribution in [3.63, 3.8) is 0 Å². The van der Waals surface area contributed by atoms with Crippen LogP contribution in [0.4, 0.5) is 4.39 Å². The van der Waals surface area contributed by atoms with Gasteiger partial charge < -0.3 is 4.90 Å². The molecule has 2 nitrogen and oxygen atoms in total. The molecular weight excluding hydrogens is 217 g/mol. The highest BCUT2D eigenvalue weighted by atomic mass is 19.1. The topological polar surface area (TPSA) is 20.3 Å². The summed E-state index contributed by atoms with van der Waals surface area (Å²) in [6.45, 7) is 7.84. The zero-order valence-electron chi connectivity index (χ0n) is 10.7. The van der Waals surface area contributed by atoms with Gasteiger partial charge in [0.15, 0.2) is 5.78 Å². The smallest absolute Gasteiger partial charge is 0.167 e. The van der Waals surface area contributed by atoms with Crippen LogP contribution in [0.2, 0.25) is 0 Å². The summed E-state index contributed by atoms with van der Waals surface area (Å²) in [6, 6.07) is 6.57. The monoisotopic (exact) mass is 237 g/mol. The van der Waals surface area contributed by atoms with Crippen LogP contribution < -0.4 is 0 Å². The molecule has 0 bridgehead atoms. The van der Waals surface area contributed by atoms with E-state index in [4.69, 9.17) is 0 Å². The molecule has 0 atom stereocenters. The maximum absolute atomic E-state index is 13.4. The molecule has 1 rings (SSSR count). The first-order chi connectivity index (χ1) is 8.06. The third-order valence-electron chi connectivity index (χ3n) is 2.94. The van der Waals surface area contributed by atoms with E-state index < -0.39 is 5.82 Å². The number of benzene rings is 1. The van der Waals surface area contributed by atoms with Gasteiger partial charge in [0, 0.05) is 19.0 Å². The minimum absolute atomic E-state index is 0.123. The quantitative estimate of drug-likeness (QED) is 0.708. The molecule has 0 aliphatic carbocycles. The van der Waals surface area contributed by atoms with E-state index in [1.54, 1.807) is 18.2 Å². The van der Waals surface area contributed by atoms with Crippen LogP contribution in [-0.4, -0.2) is 29.8 Å². The summed E-state index contributed by atoms with van der Waals surface area (Å²) >= 11 is 0. The van der Waals surface area contributed by atoms with Crippen molar-refractivity contribution in [1.29, 1.82) is 0 Å². The fourth-order valence-electron chi connectivity index (χ4n) is 1.85. The van der Waals surface area contributed by atoms with Crippen molar-refractivity contribution in [2.75, 3.05) is 13.1 Å². The number of carbonyl (C=O) groups excluding carboxylic acids is 1. The van der Waals surface area contributed by atoms with Crippen molar-refractivity contribution in [1.82, 2.24) is 4.90 Å². The van der Waals surface area contributed by atoms with Crippen molar-refractivity contribution in [2.24, 2.45) is 0 Å². The fourth-order valence-corrected chi connectivity index (χ4v) is 1.85. The molecule has 94 valence electrons. The van der Waals surface area contributed by atoms with Crippen molar-refractivity contribution in [3.05, 3.63) is 35.6 Å². The summed E-state index contributed by atoms with van der Waals surface area (Å²) in [7, 11) is 0. The molecule has 0 aliphatic heterocycles. The van der Waals surface area contributed by atoms with Crippen LogP contribution in [0, 0.1) is 5.82 Å².